The van der Waals surface area contributed by atoms with Crippen molar-refractivity contribution in [1.29, 1.82) is 0 Å². The Balaban J connectivity index is 2.03. The highest BCUT2D eigenvalue weighted by atomic mass is 19.4. The van der Waals surface area contributed by atoms with Crippen molar-refractivity contribution in [3.8, 4) is 0 Å². The van der Waals surface area contributed by atoms with E-state index in [1.165, 1.54) is 6.07 Å². The molecule has 0 radical (unpaired) electrons. The lowest BCUT2D eigenvalue weighted by atomic mass is 9.90. The average molecular weight is 430 g/mol. The van der Waals surface area contributed by atoms with Gasteiger partial charge < -0.3 is 20.1 Å². The monoisotopic (exact) mass is 430 g/mol. The highest BCUT2D eigenvalue weighted by Gasteiger charge is 2.35. The molecule has 9 heteroatoms. The first-order chi connectivity index (χ1) is 13.9. The summed E-state index contributed by atoms with van der Waals surface area (Å²) in [5.41, 5.74) is -1.50. The van der Waals surface area contributed by atoms with Crippen molar-refractivity contribution >= 4 is 17.7 Å². The molecule has 0 aromatic heterocycles. The van der Waals surface area contributed by atoms with Crippen LogP contribution >= 0.6 is 0 Å². The molecule has 2 N–H and O–H groups in total. The van der Waals surface area contributed by atoms with Crippen molar-refractivity contribution < 1.29 is 32.2 Å². The number of alkyl carbamates (subject to hydrolysis) is 1. The summed E-state index contributed by atoms with van der Waals surface area (Å²) in [5, 5.41) is 5.74. The van der Waals surface area contributed by atoms with E-state index in [4.69, 9.17) is 9.47 Å². The second kappa shape index (κ2) is 9.57. The molecular weight excluding hydrogens is 401 g/mol. The third-order valence-electron chi connectivity index (χ3n) is 4.64. The van der Waals surface area contributed by atoms with E-state index in [2.05, 4.69) is 10.6 Å². The number of esters is 1. The van der Waals surface area contributed by atoms with Gasteiger partial charge in [0.1, 0.15) is 5.60 Å². The van der Waals surface area contributed by atoms with Crippen molar-refractivity contribution in [2.24, 2.45) is 0 Å². The van der Waals surface area contributed by atoms with Crippen LogP contribution in [0.3, 0.4) is 0 Å². The third-order valence-corrected chi connectivity index (χ3v) is 4.64. The van der Waals surface area contributed by atoms with Gasteiger partial charge in [-0.1, -0.05) is 0 Å². The van der Waals surface area contributed by atoms with Crippen LogP contribution in [0.2, 0.25) is 0 Å². The zero-order valence-corrected chi connectivity index (χ0v) is 17.7. The lowest BCUT2D eigenvalue weighted by Crippen LogP contribution is -2.42. The Kier molecular flexibility index (Phi) is 7.60. The number of rotatable bonds is 5. The lowest BCUT2D eigenvalue weighted by molar-refractivity contribution is -0.137. The van der Waals surface area contributed by atoms with Crippen LogP contribution < -0.4 is 10.6 Å². The van der Waals surface area contributed by atoms with Gasteiger partial charge in [-0.25, -0.2) is 9.59 Å². The largest absolute Gasteiger partial charge is 0.462 e. The Hall–Kier alpha value is -2.45. The highest BCUT2D eigenvalue weighted by Crippen LogP contribution is 2.36. The molecule has 1 amide bonds. The van der Waals surface area contributed by atoms with E-state index in [0.29, 0.717) is 25.7 Å². The van der Waals surface area contributed by atoms with Gasteiger partial charge in [0.05, 0.1) is 17.7 Å². The molecule has 1 saturated carbocycles. The van der Waals surface area contributed by atoms with E-state index in [-0.39, 0.29) is 29.9 Å². The van der Waals surface area contributed by atoms with E-state index < -0.39 is 29.4 Å². The van der Waals surface area contributed by atoms with Crippen molar-refractivity contribution in [2.75, 3.05) is 11.9 Å². The number of anilines is 1. The maximum absolute atomic E-state index is 13.4. The number of hydrogen-bond acceptors (Lipinski definition) is 5. The van der Waals surface area contributed by atoms with Crippen LogP contribution in [0.25, 0.3) is 0 Å². The van der Waals surface area contributed by atoms with Gasteiger partial charge in [-0.3, -0.25) is 0 Å². The van der Waals surface area contributed by atoms with Gasteiger partial charge in [-0.2, -0.15) is 13.2 Å². The van der Waals surface area contributed by atoms with Crippen molar-refractivity contribution in [1.82, 2.24) is 5.32 Å². The van der Waals surface area contributed by atoms with Crippen LogP contribution in [0, 0.1) is 0 Å². The zero-order valence-electron chi connectivity index (χ0n) is 17.7. The Bertz CT molecular complexity index is 752. The Morgan fingerprint density at radius 3 is 2.20 bits per heavy atom. The highest BCUT2D eigenvalue weighted by molar-refractivity contribution is 5.91. The first-order valence-corrected chi connectivity index (χ1v) is 10.0. The standard InChI is InChI=1S/C21H29F3N2O4/c1-5-29-18(27)13-6-11-16(21(22,23)24)17(12-13)25-14-7-9-15(10-8-14)26-19(28)30-20(2,3)4/h6,11-12,14-15,25H,5,7-10H2,1-4H3,(H,26,28)/t14-,15-. The number of ether oxygens (including phenoxy) is 2. The fraction of sp³-hybridized carbons (Fsp3) is 0.619. The summed E-state index contributed by atoms with van der Waals surface area (Å²) in [5.74, 6) is -0.667. The van der Waals surface area contributed by atoms with Crippen molar-refractivity contribution in [3.05, 3.63) is 29.3 Å². The maximum Gasteiger partial charge on any atom is 0.418 e. The summed E-state index contributed by atoms with van der Waals surface area (Å²) in [6.07, 6.45) is -2.69. The van der Waals surface area contributed by atoms with E-state index in [0.717, 1.165) is 12.1 Å². The number of amides is 1. The minimum absolute atomic E-state index is 0.0626. The molecule has 0 aliphatic heterocycles. The first-order valence-electron chi connectivity index (χ1n) is 10.0. The van der Waals surface area contributed by atoms with Gasteiger partial charge in [0.25, 0.3) is 0 Å². The molecule has 1 fully saturated rings. The Morgan fingerprint density at radius 1 is 1.07 bits per heavy atom. The predicted octanol–water partition coefficient (Wildman–Crippen LogP) is 5.13. The normalized spacial score (nSPS) is 19.7. The summed E-state index contributed by atoms with van der Waals surface area (Å²) in [6, 6.07) is 2.90. The summed E-state index contributed by atoms with van der Waals surface area (Å²) < 4.78 is 50.3. The van der Waals surface area contributed by atoms with Crippen molar-refractivity contribution in [3.63, 3.8) is 0 Å². The number of nitrogens with one attached hydrogen (secondary N) is 2. The quantitative estimate of drug-likeness (QED) is 0.634. The molecule has 30 heavy (non-hydrogen) atoms. The molecule has 6 nitrogen and oxygen atoms in total. The summed E-state index contributed by atoms with van der Waals surface area (Å²) >= 11 is 0. The van der Waals surface area contributed by atoms with Gasteiger partial charge >= 0.3 is 18.2 Å². The Labute approximate surface area is 174 Å². The van der Waals surface area contributed by atoms with Gasteiger partial charge in [0, 0.05) is 17.8 Å². The molecule has 1 aliphatic carbocycles. The molecule has 1 aromatic carbocycles. The minimum Gasteiger partial charge on any atom is -0.462 e. The van der Waals surface area contributed by atoms with Gasteiger partial charge in [0.2, 0.25) is 0 Å². The number of halogens is 3. The molecule has 168 valence electrons. The molecule has 0 atom stereocenters. The first kappa shape index (κ1) is 23.8. The number of alkyl halides is 3. The summed E-state index contributed by atoms with van der Waals surface area (Å²) in [7, 11) is 0. The molecular formula is C21H29F3N2O4. The number of hydrogen-bond donors (Lipinski definition) is 2. The molecule has 0 saturated heterocycles. The van der Waals surface area contributed by atoms with Gasteiger partial charge in [0.15, 0.2) is 0 Å². The number of carbonyl (C=O) groups excluding carboxylic acids is 2. The maximum atomic E-state index is 13.4. The van der Waals surface area contributed by atoms with E-state index in [9.17, 15) is 22.8 Å². The fourth-order valence-electron chi connectivity index (χ4n) is 3.33. The van der Waals surface area contributed by atoms with Crippen LogP contribution in [-0.4, -0.2) is 36.4 Å². The molecule has 1 aliphatic rings. The molecule has 0 bridgehead atoms. The SMILES string of the molecule is CCOC(=O)c1ccc(C(F)(F)F)c(N[C@H]2CC[C@H](NC(=O)OC(C)(C)C)CC2)c1. The topological polar surface area (TPSA) is 76.7 Å². The van der Waals surface area contributed by atoms with Crippen LogP contribution in [0.5, 0.6) is 0 Å². The average Bonchev–Trinajstić information content (AvgIpc) is 2.61. The van der Waals surface area contributed by atoms with Gasteiger partial charge in [-0.05, 0) is 71.6 Å². The zero-order chi connectivity index (χ0) is 22.5. The van der Waals surface area contributed by atoms with E-state index in [1.54, 1.807) is 27.7 Å². The second-order valence-corrected chi connectivity index (χ2v) is 8.32. The predicted molar refractivity (Wildman–Crippen MR) is 106 cm³/mol. The molecule has 2 rings (SSSR count). The molecule has 0 heterocycles. The van der Waals surface area contributed by atoms with Crippen LogP contribution in [-0.2, 0) is 15.7 Å². The van der Waals surface area contributed by atoms with Crippen LogP contribution in [0.15, 0.2) is 18.2 Å². The van der Waals surface area contributed by atoms with Crippen LogP contribution in [0.4, 0.5) is 23.7 Å². The molecule has 0 spiro atoms. The van der Waals surface area contributed by atoms with Crippen LogP contribution in [0.1, 0.15) is 69.3 Å². The minimum atomic E-state index is -4.55. The lowest BCUT2D eigenvalue weighted by Gasteiger charge is -2.31. The number of benzene rings is 1. The summed E-state index contributed by atoms with van der Waals surface area (Å²) in [6.45, 7) is 7.09. The second-order valence-electron chi connectivity index (χ2n) is 8.32. The fourth-order valence-corrected chi connectivity index (χ4v) is 3.33. The van der Waals surface area contributed by atoms with Gasteiger partial charge in [-0.15, -0.1) is 0 Å². The third kappa shape index (κ3) is 7.11. The Morgan fingerprint density at radius 2 is 1.67 bits per heavy atom. The smallest absolute Gasteiger partial charge is 0.418 e. The van der Waals surface area contributed by atoms with E-state index in [1.807, 2.05) is 0 Å². The molecule has 1 aromatic rings. The number of carbonyl (C=O) groups is 2. The summed E-state index contributed by atoms with van der Waals surface area (Å²) in [4.78, 5) is 23.8. The molecule has 0 unspecified atom stereocenters. The van der Waals surface area contributed by atoms with Crippen molar-refractivity contribution in [2.45, 2.75) is 77.2 Å². The van der Waals surface area contributed by atoms with E-state index >= 15 is 0 Å².